The molecule has 0 bridgehead atoms. The zero-order valence-corrected chi connectivity index (χ0v) is 9.92. The first kappa shape index (κ1) is 15.2. The van der Waals surface area contributed by atoms with Crippen LogP contribution in [-0.2, 0) is 14.3 Å². The average molecular weight is 250 g/mol. The van der Waals surface area contributed by atoms with E-state index in [9.17, 15) is 9.59 Å². The van der Waals surface area contributed by atoms with Crippen molar-refractivity contribution in [2.45, 2.75) is 19.3 Å². The van der Waals surface area contributed by atoms with Crippen LogP contribution in [0.25, 0.3) is 0 Å². The molecule has 0 aliphatic heterocycles. The lowest BCUT2D eigenvalue weighted by atomic mass is 10.3. The number of hydrogen-bond donors (Lipinski definition) is 3. The molecule has 1 amide bonds. The Hall–Kier alpha value is -0.790. The number of nitrogens with one attached hydrogen (secondary N) is 1. The van der Waals surface area contributed by atoms with Crippen LogP contribution in [0.3, 0.4) is 0 Å². The molecule has 0 rings (SSSR count). The molecule has 0 aromatic heterocycles. The normalized spacial score (nSPS) is 10.1. The quantitative estimate of drug-likeness (QED) is 0.372. The van der Waals surface area contributed by atoms with Gasteiger partial charge in [-0.1, -0.05) is 11.9 Å². The van der Waals surface area contributed by atoms with Crippen LogP contribution in [-0.4, -0.2) is 42.5 Å². The first-order valence-electron chi connectivity index (χ1n) is 5.04. The van der Waals surface area contributed by atoms with Crippen LogP contribution in [0.1, 0.15) is 19.3 Å². The average Bonchev–Trinajstić information content (AvgIpc) is 2.24. The SMILES string of the molecule is NSCCC(=O)NCCOCCCC(=O)O. The Kier molecular flexibility index (Phi) is 10.2. The number of aliphatic carboxylic acids is 1. The van der Waals surface area contributed by atoms with Gasteiger partial charge in [0.05, 0.1) is 6.61 Å². The molecular weight excluding hydrogens is 232 g/mol. The van der Waals surface area contributed by atoms with Gasteiger partial charge in [-0.25, -0.2) is 0 Å². The van der Waals surface area contributed by atoms with Crippen LogP contribution in [0.15, 0.2) is 0 Å². The van der Waals surface area contributed by atoms with Crippen LogP contribution < -0.4 is 10.5 Å². The van der Waals surface area contributed by atoms with E-state index in [-0.39, 0.29) is 12.3 Å². The Balaban J connectivity index is 3.14. The van der Waals surface area contributed by atoms with Crippen molar-refractivity contribution < 1.29 is 19.4 Å². The maximum absolute atomic E-state index is 11.1. The van der Waals surface area contributed by atoms with Crippen LogP contribution in [0.2, 0.25) is 0 Å². The van der Waals surface area contributed by atoms with Gasteiger partial charge in [0.2, 0.25) is 5.91 Å². The number of amides is 1. The summed E-state index contributed by atoms with van der Waals surface area (Å²) in [6.07, 6.45) is 1.01. The van der Waals surface area contributed by atoms with Crippen LogP contribution in [0.5, 0.6) is 0 Å². The summed E-state index contributed by atoms with van der Waals surface area (Å²) in [6.45, 7) is 1.25. The standard InChI is InChI=1S/C9H18N2O4S/c10-16-7-3-8(12)11-4-6-15-5-1-2-9(13)14/h1-7,10H2,(H,11,12)(H,13,14). The summed E-state index contributed by atoms with van der Waals surface area (Å²) in [5.74, 6) is -0.269. The van der Waals surface area contributed by atoms with Gasteiger partial charge in [-0.05, 0) is 6.42 Å². The predicted molar refractivity (Wildman–Crippen MR) is 62.0 cm³/mol. The number of carbonyl (C=O) groups excluding carboxylic acids is 1. The van der Waals surface area contributed by atoms with E-state index in [0.717, 1.165) is 11.9 Å². The minimum atomic E-state index is -0.823. The lowest BCUT2D eigenvalue weighted by Gasteiger charge is -2.05. The number of nitrogens with two attached hydrogens (primary N) is 1. The minimum Gasteiger partial charge on any atom is -0.481 e. The molecule has 0 radical (unpaired) electrons. The second-order valence-corrected chi connectivity index (χ2v) is 3.82. The fourth-order valence-electron chi connectivity index (χ4n) is 0.930. The highest BCUT2D eigenvalue weighted by atomic mass is 32.2. The summed E-state index contributed by atoms with van der Waals surface area (Å²) in [5.41, 5.74) is 0. The molecular formula is C9H18N2O4S. The lowest BCUT2D eigenvalue weighted by Crippen LogP contribution is -2.27. The Morgan fingerprint density at radius 1 is 1.31 bits per heavy atom. The number of carboxylic acids is 1. The van der Waals surface area contributed by atoms with E-state index in [1.54, 1.807) is 0 Å². The Morgan fingerprint density at radius 3 is 2.69 bits per heavy atom. The third kappa shape index (κ3) is 11.3. The lowest BCUT2D eigenvalue weighted by molar-refractivity contribution is -0.137. The van der Waals surface area contributed by atoms with Crippen molar-refractivity contribution in [3.05, 3.63) is 0 Å². The van der Waals surface area contributed by atoms with E-state index in [4.69, 9.17) is 15.0 Å². The van der Waals surface area contributed by atoms with Crippen molar-refractivity contribution in [1.82, 2.24) is 5.32 Å². The predicted octanol–water partition coefficient (Wildman–Crippen LogP) is -0.0190. The van der Waals surface area contributed by atoms with Gasteiger partial charge in [0.25, 0.3) is 0 Å². The van der Waals surface area contributed by atoms with Gasteiger partial charge in [0.1, 0.15) is 0 Å². The summed E-state index contributed by atoms with van der Waals surface area (Å²) < 4.78 is 5.13. The Labute approximate surface area is 99.0 Å². The molecule has 7 heteroatoms. The van der Waals surface area contributed by atoms with Gasteiger partial charge in [-0.15, -0.1) is 0 Å². The number of ether oxygens (including phenoxy) is 1. The van der Waals surface area contributed by atoms with E-state index in [2.05, 4.69) is 5.32 Å². The van der Waals surface area contributed by atoms with Crippen molar-refractivity contribution >= 4 is 23.8 Å². The fraction of sp³-hybridized carbons (Fsp3) is 0.778. The van der Waals surface area contributed by atoms with Gasteiger partial charge in [0.15, 0.2) is 0 Å². The van der Waals surface area contributed by atoms with Crippen LogP contribution in [0, 0.1) is 0 Å². The highest BCUT2D eigenvalue weighted by Gasteiger charge is 1.99. The molecule has 94 valence electrons. The Bertz CT molecular complexity index is 214. The summed E-state index contributed by atoms with van der Waals surface area (Å²) in [6, 6.07) is 0. The largest absolute Gasteiger partial charge is 0.481 e. The maximum Gasteiger partial charge on any atom is 0.303 e. The fourth-order valence-corrected chi connectivity index (χ4v) is 1.23. The van der Waals surface area contributed by atoms with Gasteiger partial charge >= 0.3 is 5.97 Å². The third-order valence-corrected chi connectivity index (χ3v) is 2.13. The van der Waals surface area contributed by atoms with Gasteiger partial charge in [-0.2, -0.15) is 0 Å². The summed E-state index contributed by atoms with van der Waals surface area (Å²) in [5, 5.41) is 16.2. The number of hydrogen-bond acceptors (Lipinski definition) is 5. The molecule has 0 atom stereocenters. The van der Waals surface area contributed by atoms with E-state index < -0.39 is 5.97 Å². The monoisotopic (exact) mass is 250 g/mol. The first-order valence-corrected chi connectivity index (χ1v) is 6.09. The zero-order chi connectivity index (χ0) is 12.2. The van der Waals surface area contributed by atoms with Crippen LogP contribution in [0.4, 0.5) is 0 Å². The second-order valence-electron chi connectivity index (χ2n) is 3.08. The molecule has 0 saturated carbocycles. The van der Waals surface area contributed by atoms with E-state index in [0.29, 0.717) is 38.4 Å². The smallest absolute Gasteiger partial charge is 0.303 e. The molecule has 0 spiro atoms. The van der Waals surface area contributed by atoms with Crippen molar-refractivity contribution in [3.8, 4) is 0 Å². The molecule has 0 aliphatic rings. The van der Waals surface area contributed by atoms with E-state index in [1.807, 2.05) is 0 Å². The second kappa shape index (κ2) is 10.7. The van der Waals surface area contributed by atoms with E-state index >= 15 is 0 Å². The molecule has 0 saturated heterocycles. The Morgan fingerprint density at radius 2 is 2.06 bits per heavy atom. The van der Waals surface area contributed by atoms with E-state index in [1.165, 1.54) is 0 Å². The molecule has 0 aromatic rings. The van der Waals surface area contributed by atoms with Crippen molar-refractivity contribution in [2.75, 3.05) is 25.5 Å². The summed E-state index contributed by atoms with van der Waals surface area (Å²) in [7, 11) is 0. The molecule has 0 aliphatic carbocycles. The third-order valence-electron chi connectivity index (χ3n) is 1.69. The molecule has 4 N–H and O–H groups in total. The summed E-state index contributed by atoms with van der Waals surface area (Å²) >= 11 is 1.14. The number of rotatable bonds is 10. The van der Waals surface area contributed by atoms with Gasteiger partial charge in [-0.3, -0.25) is 14.7 Å². The molecule has 0 heterocycles. The molecule has 0 aromatic carbocycles. The zero-order valence-electron chi connectivity index (χ0n) is 9.11. The number of carboxylic acid groups (broad SMARTS) is 1. The minimum absolute atomic E-state index is 0.0490. The molecule has 16 heavy (non-hydrogen) atoms. The first-order chi connectivity index (χ1) is 7.66. The highest BCUT2D eigenvalue weighted by molar-refractivity contribution is 7.97. The van der Waals surface area contributed by atoms with Crippen molar-refractivity contribution in [1.29, 1.82) is 0 Å². The highest BCUT2D eigenvalue weighted by Crippen LogP contribution is 1.91. The van der Waals surface area contributed by atoms with Crippen molar-refractivity contribution in [3.63, 3.8) is 0 Å². The maximum atomic E-state index is 11.1. The molecule has 0 unspecified atom stereocenters. The van der Waals surface area contributed by atoms with Crippen molar-refractivity contribution in [2.24, 2.45) is 5.14 Å². The molecule has 0 fully saturated rings. The molecule has 6 nitrogen and oxygen atoms in total. The summed E-state index contributed by atoms with van der Waals surface area (Å²) in [4.78, 5) is 21.2. The van der Waals surface area contributed by atoms with Crippen LogP contribution >= 0.6 is 11.9 Å². The van der Waals surface area contributed by atoms with Gasteiger partial charge < -0.3 is 15.2 Å². The van der Waals surface area contributed by atoms with Gasteiger partial charge in [0, 0.05) is 31.7 Å². The number of carbonyl (C=O) groups is 2. The topological polar surface area (TPSA) is 102 Å².